The van der Waals surface area contributed by atoms with Gasteiger partial charge in [0.1, 0.15) is 0 Å². The van der Waals surface area contributed by atoms with Crippen molar-refractivity contribution in [1.82, 2.24) is 5.32 Å². The second kappa shape index (κ2) is 8.91. The molecule has 0 aliphatic rings. The normalized spacial score (nSPS) is 12.3. The van der Waals surface area contributed by atoms with Crippen LogP contribution >= 0.6 is 11.8 Å². The molecule has 1 nitrogen and oxygen atoms in total. The van der Waals surface area contributed by atoms with E-state index in [9.17, 15) is 0 Å². The minimum Gasteiger partial charge on any atom is -0.309 e. The van der Waals surface area contributed by atoms with Gasteiger partial charge in [0, 0.05) is 11.8 Å². The van der Waals surface area contributed by atoms with Gasteiger partial charge in [-0.2, -0.15) is 11.8 Å². The number of hydrogen-bond acceptors (Lipinski definition) is 2. The Kier molecular flexibility index (Phi) is 6.84. The first-order valence-electron chi connectivity index (χ1n) is 7.81. The summed E-state index contributed by atoms with van der Waals surface area (Å²) < 4.78 is 0. The topological polar surface area (TPSA) is 12.0 Å². The highest BCUT2D eigenvalue weighted by Gasteiger charge is 2.10. The van der Waals surface area contributed by atoms with E-state index in [-0.39, 0.29) is 0 Å². The van der Waals surface area contributed by atoms with Crippen LogP contribution in [0.4, 0.5) is 0 Å². The van der Waals surface area contributed by atoms with Crippen LogP contribution in [0.2, 0.25) is 0 Å². The van der Waals surface area contributed by atoms with E-state index in [1.165, 1.54) is 28.9 Å². The summed E-state index contributed by atoms with van der Waals surface area (Å²) in [6.07, 6.45) is 1.18. The first-order chi connectivity index (χ1) is 10.3. The minimum absolute atomic E-state index is 0.458. The second-order valence-corrected chi connectivity index (χ2v) is 6.47. The number of hydrogen-bond donors (Lipinski definition) is 1. The molecule has 0 aromatic heterocycles. The molecule has 21 heavy (non-hydrogen) atoms. The molecule has 1 N–H and O–H groups in total. The van der Waals surface area contributed by atoms with Gasteiger partial charge in [-0.05, 0) is 35.4 Å². The van der Waals surface area contributed by atoms with Crippen molar-refractivity contribution in [2.24, 2.45) is 0 Å². The van der Waals surface area contributed by atoms with E-state index < -0.39 is 0 Å². The van der Waals surface area contributed by atoms with Crippen molar-refractivity contribution >= 4 is 11.8 Å². The average Bonchev–Trinajstić information content (AvgIpc) is 2.56. The van der Waals surface area contributed by atoms with E-state index in [1.54, 1.807) is 0 Å². The van der Waals surface area contributed by atoms with E-state index in [1.807, 2.05) is 11.8 Å². The molecule has 2 aromatic carbocycles. The Labute approximate surface area is 133 Å². The maximum absolute atomic E-state index is 3.66. The fraction of sp³-hybridized carbons (Fsp3) is 0.368. The SMILES string of the molecule is CCCNC(CSCC)c1ccc(-c2ccccc2)cc1. The van der Waals surface area contributed by atoms with Crippen LogP contribution < -0.4 is 5.32 Å². The molecule has 2 aromatic rings. The largest absolute Gasteiger partial charge is 0.309 e. The van der Waals surface area contributed by atoms with Crippen molar-refractivity contribution in [3.8, 4) is 11.1 Å². The van der Waals surface area contributed by atoms with Crippen molar-refractivity contribution in [1.29, 1.82) is 0 Å². The predicted molar refractivity (Wildman–Crippen MR) is 95.9 cm³/mol. The third-order valence-corrected chi connectivity index (χ3v) is 4.53. The highest BCUT2D eigenvalue weighted by Crippen LogP contribution is 2.23. The Balaban J connectivity index is 2.11. The van der Waals surface area contributed by atoms with Crippen LogP contribution in [-0.2, 0) is 0 Å². The zero-order chi connectivity index (χ0) is 14.9. The maximum atomic E-state index is 3.66. The zero-order valence-corrected chi connectivity index (χ0v) is 13.8. The number of nitrogens with one attached hydrogen (secondary N) is 1. The fourth-order valence-electron chi connectivity index (χ4n) is 2.37. The molecule has 0 bridgehead atoms. The van der Waals surface area contributed by atoms with Gasteiger partial charge >= 0.3 is 0 Å². The van der Waals surface area contributed by atoms with Crippen LogP contribution in [0.1, 0.15) is 31.9 Å². The summed E-state index contributed by atoms with van der Waals surface area (Å²) in [4.78, 5) is 0. The molecule has 0 saturated heterocycles. The lowest BCUT2D eigenvalue weighted by Crippen LogP contribution is -2.24. The minimum atomic E-state index is 0.458. The molecule has 1 atom stereocenters. The quantitative estimate of drug-likeness (QED) is 0.723. The van der Waals surface area contributed by atoms with Crippen LogP contribution in [0.5, 0.6) is 0 Å². The Morgan fingerprint density at radius 3 is 2.19 bits per heavy atom. The summed E-state index contributed by atoms with van der Waals surface area (Å²) in [5.74, 6) is 2.31. The molecule has 0 fully saturated rings. The summed E-state index contributed by atoms with van der Waals surface area (Å²) in [5, 5.41) is 3.66. The first-order valence-corrected chi connectivity index (χ1v) is 8.97. The van der Waals surface area contributed by atoms with E-state index in [0.29, 0.717) is 6.04 Å². The summed E-state index contributed by atoms with van der Waals surface area (Å²) in [7, 11) is 0. The number of thioether (sulfide) groups is 1. The van der Waals surface area contributed by atoms with Gasteiger partial charge in [-0.3, -0.25) is 0 Å². The van der Waals surface area contributed by atoms with Crippen molar-refractivity contribution in [2.45, 2.75) is 26.3 Å². The molecule has 0 aliphatic carbocycles. The third-order valence-electron chi connectivity index (χ3n) is 3.55. The van der Waals surface area contributed by atoms with Gasteiger partial charge < -0.3 is 5.32 Å². The van der Waals surface area contributed by atoms with Crippen LogP contribution in [0, 0.1) is 0 Å². The smallest absolute Gasteiger partial charge is 0.0411 e. The number of rotatable bonds is 8. The van der Waals surface area contributed by atoms with E-state index in [2.05, 4.69) is 73.8 Å². The van der Waals surface area contributed by atoms with Gasteiger partial charge in [-0.1, -0.05) is 68.4 Å². The molecular formula is C19H25NS. The Hall–Kier alpha value is -1.25. The van der Waals surface area contributed by atoms with Gasteiger partial charge in [0.25, 0.3) is 0 Å². The van der Waals surface area contributed by atoms with Crippen molar-refractivity contribution in [3.05, 3.63) is 60.2 Å². The summed E-state index contributed by atoms with van der Waals surface area (Å²) in [5.41, 5.74) is 3.96. The lowest BCUT2D eigenvalue weighted by atomic mass is 10.0. The molecule has 0 spiro atoms. The second-order valence-electron chi connectivity index (χ2n) is 5.15. The molecule has 2 heteroatoms. The van der Waals surface area contributed by atoms with Crippen LogP contribution in [-0.4, -0.2) is 18.1 Å². The summed E-state index contributed by atoms with van der Waals surface area (Å²) in [6, 6.07) is 20.0. The van der Waals surface area contributed by atoms with E-state index in [0.717, 1.165) is 12.3 Å². The molecule has 1 unspecified atom stereocenters. The Morgan fingerprint density at radius 1 is 0.905 bits per heavy atom. The molecular weight excluding hydrogens is 274 g/mol. The van der Waals surface area contributed by atoms with Crippen molar-refractivity contribution < 1.29 is 0 Å². The van der Waals surface area contributed by atoms with Gasteiger partial charge in [0.2, 0.25) is 0 Å². The van der Waals surface area contributed by atoms with Gasteiger partial charge in [0.15, 0.2) is 0 Å². The fourth-order valence-corrected chi connectivity index (χ4v) is 3.15. The first kappa shape index (κ1) is 16.1. The van der Waals surface area contributed by atoms with Crippen molar-refractivity contribution in [2.75, 3.05) is 18.1 Å². The Morgan fingerprint density at radius 2 is 1.57 bits per heavy atom. The standard InChI is InChI=1S/C19H25NS/c1-3-14-20-19(15-21-4-2)18-12-10-17(11-13-18)16-8-6-5-7-9-16/h5-13,19-20H,3-4,14-15H2,1-2H3. The van der Waals surface area contributed by atoms with Gasteiger partial charge in [0.05, 0.1) is 0 Å². The molecule has 0 aliphatic heterocycles. The van der Waals surface area contributed by atoms with Crippen LogP contribution in [0.25, 0.3) is 11.1 Å². The van der Waals surface area contributed by atoms with Gasteiger partial charge in [-0.25, -0.2) is 0 Å². The molecule has 0 heterocycles. The van der Waals surface area contributed by atoms with Gasteiger partial charge in [-0.15, -0.1) is 0 Å². The van der Waals surface area contributed by atoms with Crippen LogP contribution in [0.3, 0.4) is 0 Å². The van der Waals surface area contributed by atoms with E-state index >= 15 is 0 Å². The number of benzene rings is 2. The molecule has 0 saturated carbocycles. The predicted octanol–water partition coefficient (Wildman–Crippen LogP) is 5.15. The molecule has 112 valence electrons. The highest BCUT2D eigenvalue weighted by atomic mass is 32.2. The average molecular weight is 299 g/mol. The zero-order valence-electron chi connectivity index (χ0n) is 13.0. The summed E-state index contributed by atoms with van der Waals surface area (Å²) in [6.45, 7) is 5.52. The monoisotopic (exact) mass is 299 g/mol. The highest BCUT2D eigenvalue weighted by molar-refractivity contribution is 7.99. The third kappa shape index (κ3) is 4.90. The van der Waals surface area contributed by atoms with Crippen LogP contribution in [0.15, 0.2) is 54.6 Å². The lowest BCUT2D eigenvalue weighted by Gasteiger charge is -2.19. The molecule has 0 amide bonds. The summed E-state index contributed by atoms with van der Waals surface area (Å²) >= 11 is 2.00. The lowest BCUT2D eigenvalue weighted by molar-refractivity contribution is 0.577. The molecule has 0 radical (unpaired) electrons. The van der Waals surface area contributed by atoms with Crippen molar-refractivity contribution in [3.63, 3.8) is 0 Å². The Bertz CT molecular complexity index is 499. The van der Waals surface area contributed by atoms with E-state index in [4.69, 9.17) is 0 Å². The maximum Gasteiger partial charge on any atom is 0.0411 e. The molecule has 2 rings (SSSR count).